The molecule has 1 fully saturated rings. The maximum absolute atomic E-state index is 11.3. The Morgan fingerprint density at radius 3 is 2.33 bits per heavy atom. The van der Waals surface area contributed by atoms with E-state index in [2.05, 4.69) is 46.5 Å². The number of hydrogen-bond donors (Lipinski definition) is 2. The van der Waals surface area contributed by atoms with Gasteiger partial charge in [0.05, 0.1) is 18.8 Å². The van der Waals surface area contributed by atoms with Crippen LogP contribution >= 0.6 is 11.8 Å². The van der Waals surface area contributed by atoms with Crippen LogP contribution < -0.4 is 5.32 Å². The van der Waals surface area contributed by atoms with Gasteiger partial charge in [-0.2, -0.15) is 0 Å². The van der Waals surface area contributed by atoms with E-state index in [1.807, 2.05) is 54.6 Å². The molecule has 7 nitrogen and oxygen atoms in total. The van der Waals surface area contributed by atoms with Crippen LogP contribution in [0.25, 0.3) is 11.1 Å². The third-order valence-electron chi connectivity index (χ3n) is 7.03. The zero-order chi connectivity index (χ0) is 27.9. The Kier molecular flexibility index (Phi) is 9.23. The van der Waals surface area contributed by atoms with Gasteiger partial charge in [-0.1, -0.05) is 85.4 Å². The van der Waals surface area contributed by atoms with Crippen molar-refractivity contribution in [1.82, 2.24) is 15.3 Å². The molecular weight excluding hydrogens is 522 g/mol. The molecule has 0 spiro atoms. The normalized spacial score (nSPS) is 20.7. The largest absolute Gasteiger partial charge is 0.392 e. The average molecular weight is 556 g/mol. The van der Waals surface area contributed by atoms with Crippen molar-refractivity contribution in [3.05, 3.63) is 114 Å². The van der Waals surface area contributed by atoms with Gasteiger partial charge in [0.2, 0.25) is 5.91 Å². The molecule has 40 heavy (non-hydrogen) atoms. The summed E-state index contributed by atoms with van der Waals surface area (Å²) in [5.74, 6) is 0.723. The highest BCUT2D eigenvalue weighted by atomic mass is 32.2. The zero-order valence-electron chi connectivity index (χ0n) is 22.6. The van der Waals surface area contributed by atoms with Gasteiger partial charge in [-0.3, -0.25) is 4.79 Å². The molecule has 3 aromatic carbocycles. The SMILES string of the molecule is CC(=O)NCc1cccc(-c2ccc([C@H]3O[C@@H](CSc4ncccn4)[C@@H](C)[C@@H](c4ccc(CO)cc4)O3)cc2)c1. The molecule has 2 heterocycles. The molecule has 1 aliphatic rings. The minimum absolute atomic E-state index is 0.00588. The zero-order valence-corrected chi connectivity index (χ0v) is 23.4. The number of ether oxygens (including phenoxy) is 2. The van der Waals surface area contributed by atoms with E-state index in [-0.39, 0.29) is 30.6 Å². The Morgan fingerprint density at radius 1 is 0.900 bits per heavy atom. The Balaban J connectivity index is 1.36. The van der Waals surface area contributed by atoms with Gasteiger partial charge in [-0.15, -0.1) is 0 Å². The Hall–Kier alpha value is -3.56. The Bertz CT molecular complexity index is 1400. The molecule has 1 saturated heterocycles. The monoisotopic (exact) mass is 555 g/mol. The van der Waals surface area contributed by atoms with Crippen molar-refractivity contribution in [3.63, 3.8) is 0 Å². The second kappa shape index (κ2) is 13.2. The summed E-state index contributed by atoms with van der Waals surface area (Å²) in [6, 6.07) is 26.1. The molecule has 1 aliphatic heterocycles. The van der Waals surface area contributed by atoms with Crippen LogP contribution in [0.1, 0.15) is 48.5 Å². The first-order valence-corrected chi connectivity index (χ1v) is 14.3. The molecule has 8 heteroatoms. The van der Waals surface area contributed by atoms with Crippen LogP contribution in [0.2, 0.25) is 0 Å². The lowest BCUT2D eigenvalue weighted by Gasteiger charge is -2.41. The number of aromatic nitrogens is 2. The summed E-state index contributed by atoms with van der Waals surface area (Å²) in [6.45, 7) is 4.17. The maximum atomic E-state index is 11.3. The van der Waals surface area contributed by atoms with E-state index in [9.17, 15) is 9.90 Å². The highest BCUT2D eigenvalue weighted by Gasteiger charge is 2.38. The summed E-state index contributed by atoms with van der Waals surface area (Å²) >= 11 is 1.58. The minimum atomic E-state index is -0.541. The number of amides is 1. The van der Waals surface area contributed by atoms with Gasteiger partial charge in [-0.05, 0) is 39.9 Å². The fourth-order valence-electron chi connectivity index (χ4n) is 4.75. The first-order valence-electron chi connectivity index (χ1n) is 13.3. The predicted molar refractivity (Wildman–Crippen MR) is 155 cm³/mol. The summed E-state index contributed by atoms with van der Waals surface area (Å²) in [4.78, 5) is 20.0. The van der Waals surface area contributed by atoms with Crippen LogP contribution in [0, 0.1) is 5.92 Å². The number of thioether (sulfide) groups is 1. The van der Waals surface area contributed by atoms with Crippen LogP contribution in [0.3, 0.4) is 0 Å². The van der Waals surface area contributed by atoms with E-state index in [0.29, 0.717) is 12.3 Å². The molecule has 1 aromatic heterocycles. The van der Waals surface area contributed by atoms with Gasteiger partial charge in [0.25, 0.3) is 0 Å². The number of carbonyl (C=O) groups excluding carboxylic acids is 1. The lowest BCUT2D eigenvalue weighted by atomic mass is 9.91. The van der Waals surface area contributed by atoms with E-state index in [0.717, 1.165) is 38.5 Å². The van der Waals surface area contributed by atoms with Crippen LogP contribution in [0.15, 0.2) is 96.4 Å². The van der Waals surface area contributed by atoms with Crippen molar-refractivity contribution in [1.29, 1.82) is 0 Å². The van der Waals surface area contributed by atoms with E-state index in [4.69, 9.17) is 9.47 Å². The number of aliphatic hydroxyl groups is 1. The topological polar surface area (TPSA) is 93.6 Å². The number of nitrogens with zero attached hydrogens (tertiary/aromatic N) is 2. The van der Waals surface area contributed by atoms with Crippen LogP contribution in [-0.2, 0) is 27.4 Å². The van der Waals surface area contributed by atoms with Gasteiger partial charge in [-0.25, -0.2) is 9.97 Å². The quantitative estimate of drug-likeness (QED) is 0.197. The maximum Gasteiger partial charge on any atom is 0.217 e. The van der Waals surface area contributed by atoms with Crippen LogP contribution in [0.5, 0.6) is 0 Å². The smallest absolute Gasteiger partial charge is 0.217 e. The van der Waals surface area contributed by atoms with Gasteiger partial charge < -0.3 is 19.9 Å². The third kappa shape index (κ3) is 6.95. The molecular formula is C32H33N3O4S. The number of benzene rings is 3. The standard InChI is InChI=1S/C32H33N3O4S/c1-21-29(20-40-32-33-15-4-16-34-32)38-31(39-30(21)26-9-7-23(19-36)8-10-26)27-13-11-25(12-14-27)28-6-3-5-24(17-28)18-35-22(2)37/h3-17,21,29-31,36H,18-20H2,1-2H3,(H,35,37)/t21-,29+,30+,31+/m1/s1. The number of nitrogens with one attached hydrogen (secondary N) is 1. The van der Waals surface area contributed by atoms with E-state index in [1.165, 1.54) is 6.92 Å². The summed E-state index contributed by atoms with van der Waals surface area (Å²) < 4.78 is 13.1. The fourth-order valence-corrected chi connectivity index (χ4v) is 5.71. The molecule has 2 N–H and O–H groups in total. The molecule has 206 valence electrons. The first kappa shape index (κ1) is 28.0. The summed E-state index contributed by atoms with van der Waals surface area (Å²) in [5, 5.41) is 13.1. The molecule has 0 saturated carbocycles. The van der Waals surface area contributed by atoms with Gasteiger partial charge >= 0.3 is 0 Å². The van der Waals surface area contributed by atoms with Gasteiger partial charge in [0, 0.05) is 43.1 Å². The molecule has 0 radical (unpaired) electrons. The Labute approximate surface area is 239 Å². The minimum Gasteiger partial charge on any atom is -0.392 e. The van der Waals surface area contributed by atoms with Crippen molar-refractivity contribution in [3.8, 4) is 11.1 Å². The third-order valence-corrected chi connectivity index (χ3v) is 7.99. The van der Waals surface area contributed by atoms with E-state index in [1.54, 1.807) is 24.2 Å². The first-order chi connectivity index (χ1) is 19.5. The second-order valence-corrected chi connectivity index (χ2v) is 10.9. The number of aliphatic hydroxyl groups excluding tert-OH is 1. The number of rotatable bonds is 9. The van der Waals surface area contributed by atoms with Crippen molar-refractivity contribution < 1.29 is 19.4 Å². The summed E-state index contributed by atoms with van der Waals surface area (Å²) in [7, 11) is 0. The van der Waals surface area contributed by atoms with Crippen LogP contribution in [0.4, 0.5) is 0 Å². The average Bonchev–Trinajstić information content (AvgIpc) is 3.00. The lowest BCUT2D eigenvalue weighted by molar-refractivity contribution is -0.268. The molecule has 5 rings (SSSR count). The second-order valence-electron chi connectivity index (χ2n) is 9.90. The highest BCUT2D eigenvalue weighted by molar-refractivity contribution is 7.99. The summed E-state index contributed by atoms with van der Waals surface area (Å²) in [6.07, 6.45) is 2.67. The summed E-state index contributed by atoms with van der Waals surface area (Å²) in [5.41, 5.74) is 6.05. The predicted octanol–water partition coefficient (Wildman–Crippen LogP) is 5.86. The van der Waals surface area contributed by atoms with Gasteiger partial charge in [0.15, 0.2) is 11.4 Å². The Morgan fingerprint density at radius 2 is 1.62 bits per heavy atom. The highest BCUT2D eigenvalue weighted by Crippen LogP contribution is 2.43. The number of carbonyl (C=O) groups is 1. The van der Waals surface area contributed by atoms with E-state index >= 15 is 0 Å². The molecule has 0 bridgehead atoms. The molecule has 4 aromatic rings. The van der Waals surface area contributed by atoms with Gasteiger partial charge in [0.1, 0.15) is 0 Å². The molecule has 0 aliphatic carbocycles. The van der Waals surface area contributed by atoms with Crippen molar-refractivity contribution >= 4 is 17.7 Å². The lowest BCUT2D eigenvalue weighted by Crippen LogP contribution is -2.38. The number of hydrogen-bond acceptors (Lipinski definition) is 7. The van der Waals surface area contributed by atoms with Crippen molar-refractivity contribution in [2.75, 3.05) is 5.75 Å². The van der Waals surface area contributed by atoms with Crippen molar-refractivity contribution in [2.45, 2.75) is 50.7 Å². The van der Waals surface area contributed by atoms with E-state index < -0.39 is 6.29 Å². The molecule has 4 atom stereocenters. The van der Waals surface area contributed by atoms with Crippen molar-refractivity contribution in [2.24, 2.45) is 5.92 Å². The molecule has 1 amide bonds. The van der Waals surface area contributed by atoms with Crippen LogP contribution in [-0.4, -0.2) is 32.8 Å². The fraction of sp³-hybridized carbons (Fsp3) is 0.281. The molecule has 0 unspecified atom stereocenters.